The van der Waals surface area contributed by atoms with Crippen LogP contribution in [0.3, 0.4) is 0 Å². The Hall–Kier alpha value is -1.62. The highest BCUT2D eigenvalue weighted by atomic mass is 16.5. The van der Waals surface area contributed by atoms with Gasteiger partial charge in [0.25, 0.3) is 0 Å². The number of hydrogen-bond donors (Lipinski definition) is 2. The van der Waals surface area contributed by atoms with E-state index in [4.69, 9.17) is 4.74 Å². The second-order valence-electron chi connectivity index (χ2n) is 5.69. The van der Waals surface area contributed by atoms with Crippen molar-refractivity contribution in [3.05, 3.63) is 30.1 Å². The molecule has 0 amide bonds. The maximum absolute atomic E-state index is 5.88. The van der Waals surface area contributed by atoms with E-state index in [1.807, 2.05) is 24.4 Å². The van der Waals surface area contributed by atoms with E-state index in [9.17, 15) is 0 Å². The summed E-state index contributed by atoms with van der Waals surface area (Å²) in [6.45, 7) is 3.71. The largest absolute Gasteiger partial charge is 0.373 e. The summed E-state index contributed by atoms with van der Waals surface area (Å²) in [5.74, 6) is 0.898. The minimum atomic E-state index is 0.370. The van der Waals surface area contributed by atoms with E-state index < -0.39 is 0 Å². The Bertz CT molecular complexity index is 476. The molecule has 2 saturated heterocycles. The van der Waals surface area contributed by atoms with Gasteiger partial charge in [-0.05, 0) is 38.3 Å². The summed E-state index contributed by atoms with van der Waals surface area (Å²) in [6.07, 6.45) is 7.03. The second kappa shape index (κ2) is 6.89. The Morgan fingerprint density at radius 1 is 1.43 bits per heavy atom. The number of hydrogen-bond acceptors (Lipinski definition) is 3. The van der Waals surface area contributed by atoms with Crippen LogP contribution in [0.25, 0.3) is 0 Å². The van der Waals surface area contributed by atoms with Crippen LogP contribution in [0.5, 0.6) is 0 Å². The van der Waals surface area contributed by atoms with Gasteiger partial charge in [-0.25, -0.2) is 0 Å². The zero-order chi connectivity index (χ0) is 14.5. The molecule has 0 spiro atoms. The third kappa shape index (κ3) is 3.73. The molecule has 0 aromatic carbocycles. The Morgan fingerprint density at radius 2 is 2.38 bits per heavy atom. The van der Waals surface area contributed by atoms with E-state index in [1.165, 1.54) is 12.8 Å². The highest BCUT2D eigenvalue weighted by Gasteiger charge is 2.41. The van der Waals surface area contributed by atoms with Gasteiger partial charge in [0.2, 0.25) is 0 Å². The number of aliphatic imine (C=N–C) groups is 1. The molecular formula is C16H24N4O. The lowest BCUT2D eigenvalue weighted by Gasteiger charge is -2.22. The number of aromatic nitrogens is 1. The van der Waals surface area contributed by atoms with Crippen molar-refractivity contribution in [2.75, 3.05) is 13.1 Å². The topological polar surface area (TPSA) is 58.5 Å². The van der Waals surface area contributed by atoms with Gasteiger partial charge < -0.3 is 15.4 Å². The molecule has 5 nitrogen and oxygen atoms in total. The second-order valence-corrected chi connectivity index (χ2v) is 5.69. The van der Waals surface area contributed by atoms with Crippen molar-refractivity contribution in [1.29, 1.82) is 0 Å². The first kappa shape index (κ1) is 14.3. The van der Waals surface area contributed by atoms with Crippen LogP contribution in [0, 0.1) is 0 Å². The minimum Gasteiger partial charge on any atom is -0.373 e. The molecule has 1 aromatic rings. The van der Waals surface area contributed by atoms with Gasteiger partial charge >= 0.3 is 0 Å². The summed E-state index contributed by atoms with van der Waals surface area (Å²) < 4.78 is 5.88. The van der Waals surface area contributed by atoms with Crippen LogP contribution < -0.4 is 10.6 Å². The van der Waals surface area contributed by atoms with Gasteiger partial charge in [0.1, 0.15) is 0 Å². The molecule has 2 N–H and O–H groups in total. The number of nitrogens with one attached hydrogen (secondary N) is 2. The smallest absolute Gasteiger partial charge is 0.191 e. The van der Waals surface area contributed by atoms with Gasteiger partial charge in [0.05, 0.1) is 18.2 Å². The molecule has 2 bridgehead atoms. The fraction of sp³-hybridized carbons (Fsp3) is 0.625. The highest BCUT2D eigenvalue weighted by Crippen LogP contribution is 2.34. The molecule has 3 heterocycles. The number of guanidine groups is 1. The summed E-state index contributed by atoms with van der Waals surface area (Å²) in [7, 11) is 0. The maximum atomic E-state index is 5.88. The Balaban J connectivity index is 1.52. The zero-order valence-electron chi connectivity index (χ0n) is 12.6. The monoisotopic (exact) mass is 288 g/mol. The lowest BCUT2D eigenvalue weighted by molar-refractivity contribution is 0.0992. The lowest BCUT2D eigenvalue weighted by atomic mass is 9.96. The number of pyridine rings is 1. The normalized spacial score (nSPS) is 27.9. The molecule has 0 saturated carbocycles. The molecule has 2 aliphatic rings. The quantitative estimate of drug-likeness (QED) is 0.637. The van der Waals surface area contributed by atoms with E-state index in [0.29, 0.717) is 18.2 Å². The lowest BCUT2D eigenvalue weighted by Crippen LogP contribution is -2.47. The minimum absolute atomic E-state index is 0.370. The first-order valence-electron chi connectivity index (χ1n) is 7.95. The van der Waals surface area contributed by atoms with Crippen molar-refractivity contribution in [3.8, 4) is 0 Å². The average Bonchev–Trinajstić information content (AvgIpc) is 3.11. The summed E-state index contributed by atoms with van der Waals surface area (Å²) in [5.41, 5.74) is 1.08. The molecule has 114 valence electrons. The Labute approximate surface area is 126 Å². The third-order valence-electron chi connectivity index (χ3n) is 4.14. The molecule has 1 aromatic heterocycles. The molecule has 3 rings (SSSR count). The summed E-state index contributed by atoms with van der Waals surface area (Å²) >= 11 is 0. The van der Waals surface area contributed by atoms with Gasteiger partial charge in [-0.2, -0.15) is 0 Å². The molecule has 2 aliphatic heterocycles. The molecule has 5 heteroatoms. The van der Waals surface area contributed by atoms with Crippen LogP contribution in [0.2, 0.25) is 0 Å². The van der Waals surface area contributed by atoms with Crippen LogP contribution in [-0.2, 0) is 11.2 Å². The SMILES string of the molecule is CCNC(=NCCc1ccccn1)NC1CC2CCC1O2. The van der Waals surface area contributed by atoms with Crippen molar-refractivity contribution < 1.29 is 4.74 Å². The molecule has 0 radical (unpaired) electrons. The van der Waals surface area contributed by atoms with Crippen molar-refractivity contribution >= 4 is 5.96 Å². The van der Waals surface area contributed by atoms with Crippen molar-refractivity contribution in [1.82, 2.24) is 15.6 Å². The van der Waals surface area contributed by atoms with E-state index in [0.717, 1.165) is 37.6 Å². The van der Waals surface area contributed by atoms with Crippen molar-refractivity contribution in [2.24, 2.45) is 4.99 Å². The Morgan fingerprint density at radius 3 is 3.05 bits per heavy atom. The van der Waals surface area contributed by atoms with Crippen LogP contribution in [0.4, 0.5) is 0 Å². The standard InChI is InChI=1S/C16H24N4O/c1-2-17-16(19-10-8-12-5-3-4-9-18-12)20-14-11-13-6-7-15(14)21-13/h3-5,9,13-15H,2,6-8,10-11H2,1H3,(H2,17,19,20). The summed E-state index contributed by atoms with van der Waals surface area (Å²) in [5, 5.41) is 6.85. The molecular weight excluding hydrogens is 264 g/mol. The first-order chi connectivity index (χ1) is 10.3. The number of ether oxygens (including phenoxy) is 1. The number of fused-ring (bicyclic) bond motifs is 2. The zero-order valence-corrected chi connectivity index (χ0v) is 12.6. The fourth-order valence-electron chi connectivity index (χ4n) is 3.11. The predicted octanol–water partition coefficient (Wildman–Crippen LogP) is 1.50. The van der Waals surface area contributed by atoms with Gasteiger partial charge in [-0.3, -0.25) is 9.98 Å². The third-order valence-corrected chi connectivity index (χ3v) is 4.14. The molecule has 3 atom stereocenters. The summed E-state index contributed by atoms with van der Waals surface area (Å²) in [4.78, 5) is 8.98. The van der Waals surface area contributed by atoms with E-state index in [2.05, 4.69) is 27.5 Å². The van der Waals surface area contributed by atoms with E-state index in [1.54, 1.807) is 0 Å². The van der Waals surface area contributed by atoms with Gasteiger partial charge in [-0.15, -0.1) is 0 Å². The van der Waals surface area contributed by atoms with Crippen molar-refractivity contribution in [3.63, 3.8) is 0 Å². The van der Waals surface area contributed by atoms with Gasteiger partial charge in [0.15, 0.2) is 5.96 Å². The van der Waals surface area contributed by atoms with Crippen LogP contribution >= 0.6 is 0 Å². The molecule has 21 heavy (non-hydrogen) atoms. The highest BCUT2D eigenvalue weighted by molar-refractivity contribution is 5.80. The van der Waals surface area contributed by atoms with Crippen LogP contribution in [-0.4, -0.2) is 42.3 Å². The van der Waals surface area contributed by atoms with Gasteiger partial charge in [-0.1, -0.05) is 6.07 Å². The summed E-state index contributed by atoms with van der Waals surface area (Å²) in [6, 6.07) is 6.41. The maximum Gasteiger partial charge on any atom is 0.191 e. The fourth-order valence-corrected chi connectivity index (χ4v) is 3.11. The van der Waals surface area contributed by atoms with E-state index in [-0.39, 0.29) is 0 Å². The van der Waals surface area contributed by atoms with Crippen molar-refractivity contribution in [2.45, 2.75) is 50.9 Å². The molecule has 0 aliphatic carbocycles. The first-order valence-corrected chi connectivity index (χ1v) is 7.95. The predicted molar refractivity (Wildman–Crippen MR) is 83.4 cm³/mol. The van der Waals surface area contributed by atoms with Gasteiger partial charge in [0, 0.05) is 31.4 Å². The van der Waals surface area contributed by atoms with Crippen LogP contribution in [0.15, 0.2) is 29.4 Å². The molecule has 3 unspecified atom stereocenters. The number of rotatable bonds is 5. The average molecular weight is 288 g/mol. The molecule has 2 fully saturated rings. The number of nitrogens with zero attached hydrogens (tertiary/aromatic N) is 2. The van der Waals surface area contributed by atoms with Crippen LogP contribution in [0.1, 0.15) is 31.9 Å². The van der Waals surface area contributed by atoms with E-state index >= 15 is 0 Å². The Kier molecular flexibility index (Phi) is 4.70.